The van der Waals surface area contributed by atoms with Crippen molar-refractivity contribution >= 4 is 25.6 Å². The maximum absolute atomic E-state index is 13.9. The van der Waals surface area contributed by atoms with Gasteiger partial charge >= 0.3 is 0 Å². The number of nitrogens with zero attached hydrogens (tertiary/aromatic N) is 1. The summed E-state index contributed by atoms with van der Waals surface area (Å²) in [6.45, 7) is 4.44. The molecule has 1 aliphatic rings. The molecule has 4 nitrogen and oxygen atoms in total. The average Bonchev–Trinajstić information content (AvgIpc) is 3.20. The zero-order chi connectivity index (χ0) is 15.8. The zero-order valence-electron chi connectivity index (χ0n) is 11.9. The highest BCUT2D eigenvalue weighted by molar-refractivity contribution is 8.13. The fourth-order valence-electron chi connectivity index (χ4n) is 2.19. The van der Waals surface area contributed by atoms with E-state index in [1.807, 2.05) is 6.92 Å². The van der Waals surface area contributed by atoms with Crippen LogP contribution in [-0.2, 0) is 9.05 Å². The minimum absolute atomic E-state index is 0.0857. The first kappa shape index (κ1) is 16.2. The summed E-state index contributed by atoms with van der Waals surface area (Å²) < 4.78 is 36.7. The summed E-state index contributed by atoms with van der Waals surface area (Å²) in [7, 11) is 0.999. The Morgan fingerprint density at radius 2 is 2.05 bits per heavy atom. The van der Waals surface area contributed by atoms with Gasteiger partial charge < -0.3 is 4.90 Å². The van der Waals surface area contributed by atoms with Crippen molar-refractivity contribution in [3.05, 3.63) is 29.1 Å². The van der Waals surface area contributed by atoms with Crippen molar-refractivity contribution in [2.45, 2.75) is 31.6 Å². The smallest absolute Gasteiger partial charge is 0.264 e. The number of halogens is 2. The highest BCUT2D eigenvalue weighted by Crippen LogP contribution is 2.30. The normalized spacial score (nSPS) is 15.0. The molecule has 7 heteroatoms. The van der Waals surface area contributed by atoms with Crippen LogP contribution in [0.4, 0.5) is 4.39 Å². The molecule has 0 atom stereocenters. The first-order chi connectivity index (χ1) is 9.74. The van der Waals surface area contributed by atoms with Crippen LogP contribution < -0.4 is 0 Å². The van der Waals surface area contributed by atoms with Crippen molar-refractivity contribution in [1.29, 1.82) is 0 Å². The lowest BCUT2D eigenvalue weighted by atomic mass is 10.1. The predicted octanol–water partition coefficient (Wildman–Crippen LogP) is 2.93. The highest BCUT2D eigenvalue weighted by Gasteiger charge is 2.28. The number of hydrogen-bond donors (Lipinski definition) is 0. The molecule has 0 saturated heterocycles. The van der Waals surface area contributed by atoms with Gasteiger partial charge in [-0.2, -0.15) is 0 Å². The Morgan fingerprint density at radius 3 is 2.52 bits per heavy atom. The third-order valence-electron chi connectivity index (χ3n) is 3.58. The number of rotatable bonds is 5. The Kier molecular flexibility index (Phi) is 4.58. The standard InChI is InChI=1S/C14H17ClFNO3S/c1-3-17(8-10-4-5-10)14(18)11-6-9(2)13(16)12(7-11)21(15,19)20/h6-7,10H,3-5,8H2,1-2H3. The quantitative estimate of drug-likeness (QED) is 0.778. The van der Waals surface area contributed by atoms with Crippen molar-refractivity contribution in [2.24, 2.45) is 5.92 Å². The fraction of sp³-hybridized carbons (Fsp3) is 0.500. The minimum atomic E-state index is -4.23. The van der Waals surface area contributed by atoms with Crippen molar-refractivity contribution < 1.29 is 17.6 Å². The van der Waals surface area contributed by atoms with Gasteiger partial charge in [0.05, 0.1) is 0 Å². The second-order valence-corrected chi connectivity index (χ2v) is 7.86. The lowest BCUT2D eigenvalue weighted by Crippen LogP contribution is -2.32. The predicted molar refractivity (Wildman–Crippen MR) is 78.5 cm³/mol. The lowest BCUT2D eigenvalue weighted by Gasteiger charge is -2.21. The summed E-state index contributed by atoms with van der Waals surface area (Å²) in [5.41, 5.74) is 0.234. The summed E-state index contributed by atoms with van der Waals surface area (Å²) in [4.78, 5) is 13.5. The van der Waals surface area contributed by atoms with Gasteiger partial charge in [0.25, 0.3) is 15.0 Å². The van der Waals surface area contributed by atoms with Gasteiger partial charge in [-0.1, -0.05) is 0 Å². The number of hydrogen-bond acceptors (Lipinski definition) is 3. The molecule has 2 rings (SSSR count). The van der Waals surface area contributed by atoms with Crippen LogP contribution in [0.2, 0.25) is 0 Å². The molecule has 21 heavy (non-hydrogen) atoms. The molecule has 0 bridgehead atoms. The summed E-state index contributed by atoms with van der Waals surface area (Å²) in [5, 5.41) is 0. The Hall–Kier alpha value is -1.14. The molecular formula is C14H17ClFNO3S. The molecule has 0 N–H and O–H groups in total. The van der Waals surface area contributed by atoms with Gasteiger partial charge in [0.1, 0.15) is 10.7 Å². The molecule has 116 valence electrons. The fourth-order valence-corrected chi connectivity index (χ4v) is 3.17. The Bertz CT molecular complexity index is 671. The van der Waals surface area contributed by atoms with Crippen molar-refractivity contribution in [3.8, 4) is 0 Å². The lowest BCUT2D eigenvalue weighted by molar-refractivity contribution is 0.0756. The van der Waals surface area contributed by atoms with E-state index in [0.717, 1.165) is 18.9 Å². The number of benzene rings is 1. The molecule has 1 saturated carbocycles. The molecule has 1 aromatic carbocycles. The van der Waals surface area contributed by atoms with Gasteiger partial charge in [-0.05, 0) is 50.3 Å². The van der Waals surface area contributed by atoms with E-state index < -0.39 is 19.8 Å². The summed E-state index contributed by atoms with van der Waals surface area (Å²) >= 11 is 0. The van der Waals surface area contributed by atoms with Gasteiger partial charge in [0, 0.05) is 29.3 Å². The van der Waals surface area contributed by atoms with E-state index in [9.17, 15) is 17.6 Å². The molecule has 1 amide bonds. The average molecular weight is 334 g/mol. The molecule has 0 heterocycles. The maximum atomic E-state index is 13.9. The van der Waals surface area contributed by atoms with Crippen LogP contribution in [0.3, 0.4) is 0 Å². The van der Waals surface area contributed by atoms with E-state index in [-0.39, 0.29) is 17.0 Å². The molecule has 0 radical (unpaired) electrons. The van der Waals surface area contributed by atoms with Crippen LogP contribution in [0, 0.1) is 18.7 Å². The second kappa shape index (κ2) is 5.93. The van der Waals surface area contributed by atoms with Gasteiger partial charge in [0.15, 0.2) is 0 Å². The van der Waals surface area contributed by atoms with Crippen LogP contribution >= 0.6 is 10.7 Å². The SMILES string of the molecule is CCN(CC1CC1)C(=O)c1cc(C)c(F)c(S(=O)(=O)Cl)c1. The van der Waals surface area contributed by atoms with Gasteiger partial charge in [0.2, 0.25) is 0 Å². The molecule has 1 aliphatic carbocycles. The molecule has 0 aliphatic heterocycles. The Balaban J connectivity index is 2.38. The molecule has 0 spiro atoms. The molecule has 0 aromatic heterocycles. The van der Waals surface area contributed by atoms with Gasteiger partial charge in [-0.15, -0.1) is 0 Å². The monoisotopic (exact) mass is 333 g/mol. The van der Waals surface area contributed by atoms with Crippen LogP contribution in [-0.4, -0.2) is 32.3 Å². The van der Waals surface area contributed by atoms with E-state index in [2.05, 4.69) is 0 Å². The summed E-state index contributed by atoms with van der Waals surface area (Å²) in [6, 6.07) is 2.38. The molecule has 1 aromatic rings. The number of aryl methyl sites for hydroxylation is 1. The van der Waals surface area contributed by atoms with Gasteiger partial charge in [-0.25, -0.2) is 12.8 Å². The van der Waals surface area contributed by atoms with Gasteiger partial charge in [-0.3, -0.25) is 4.79 Å². The summed E-state index contributed by atoms with van der Waals surface area (Å²) in [6.07, 6.45) is 2.21. The Morgan fingerprint density at radius 1 is 1.43 bits per heavy atom. The van der Waals surface area contributed by atoms with Crippen LogP contribution in [0.5, 0.6) is 0 Å². The number of amides is 1. The molecule has 1 fully saturated rings. The van der Waals surface area contributed by atoms with E-state index in [0.29, 0.717) is 19.0 Å². The minimum Gasteiger partial charge on any atom is -0.339 e. The third-order valence-corrected chi connectivity index (χ3v) is 4.90. The van der Waals surface area contributed by atoms with E-state index in [1.165, 1.54) is 13.0 Å². The molecular weight excluding hydrogens is 317 g/mol. The number of carbonyl (C=O) groups excluding carboxylic acids is 1. The van der Waals surface area contributed by atoms with E-state index in [1.54, 1.807) is 4.90 Å². The van der Waals surface area contributed by atoms with Crippen molar-refractivity contribution in [3.63, 3.8) is 0 Å². The van der Waals surface area contributed by atoms with E-state index in [4.69, 9.17) is 10.7 Å². The zero-order valence-corrected chi connectivity index (χ0v) is 13.5. The third kappa shape index (κ3) is 3.74. The molecule has 0 unspecified atom stereocenters. The van der Waals surface area contributed by atoms with Crippen molar-refractivity contribution in [2.75, 3.05) is 13.1 Å². The maximum Gasteiger partial charge on any atom is 0.264 e. The van der Waals surface area contributed by atoms with Crippen LogP contribution in [0.15, 0.2) is 17.0 Å². The van der Waals surface area contributed by atoms with Crippen molar-refractivity contribution in [1.82, 2.24) is 4.90 Å². The highest BCUT2D eigenvalue weighted by atomic mass is 35.7. The second-order valence-electron chi connectivity index (χ2n) is 5.33. The van der Waals surface area contributed by atoms with E-state index >= 15 is 0 Å². The van der Waals surface area contributed by atoms with Crippen LogP contribution in [0.25, 0.3) is 0 Å². The van der Waals surface area contributed by atoms with Crippen LogP contribution in [0.1, 0.15) is 35.7 Å². The first-order valence-corrected chi connectivity index (χ1v) is 9.09. The Labute approximate surface area is 128 Å². The largest absolute Gasteiger partial charge is 0.339 e. The number of carbonyl (C=O) groups is 1. The first-order valence-electron chi connectivity index (χ1n) is 6.78. The summed E-state index contributed by atoms with van der Waals surface area (Å²) in [5.74, 6) is -0.687. The topological polar surface area (TPSA) is 54.5 Å².